The van der Waals surface area contributed by atoms with Crippen molar-refractivity contribution in [3.63, 3.8) is 0 Å². The molecule has 23 heavy (non-hydrogen) atoms. The van der Waals surface area contributed by atoms with E-state index in [2.05, 4.69) is 10.6 Å². The molecule has 0 aromatic heterocycles. The van der Waals surface area contributed by atoms with Crippen LogP contribution >= 0.6 is 0 Å². The minimum Gasteiger partial charge on any atom is -0.497 e. The van der Waals surface area contributed by atoms with Crippen LogP contribution in [0.3, 0.4) is 0 Å². The lowest BCUT2D eigenvalue weighted by atomic mass is 10.2. The number of alkyl halides is 3. The van der Waals surface area contributed by atoms with Gasteiger partial charge >= 0.3 is 12.2 Å². The van der Waals surface area contributed by atoms with Gasteiger partial charge in [-0.15, -0.1) is 0 Å². The monoisotopic (exact) mass is 328 g/mol. The molecular formula is C15H12F4N2O2. The highest BCUT2D eigenvalue weighted by Crippen LogP contribution is 2.33. The number of methoxy groups -OCH3 is 1. The molecule has 0 fully saturated rings. The van der Waals surface area contributed by atoms with Crippen LogP contribution in [-0.2, 0) is 6.18 Å². The van der Waals surface area contributed by atoms with Crippen molar-refractivity contribution in [2.24, 2.45) is 0 Å². The minimum absolute atomic E-state index is 0.176. The second-order valence-corrected chi connectivity index (χ2v) is 4.50. The molecule has 0 radical (unpaired) electrons. The number of nitrogens with one attached hydrogen (secondary N) is 2. The Morgan fingerprint density at radius 2 is 1.57 bits per heavy atom. The highest BCUT2D eigenvalue weighted by Gasteiger charge is 2.34. The second-order valence-electron chi connectivity index (χ2n) is 4.50. The summed E-state index contributed by atoms with van der Waals surface area (Å²) < 4.78 is 55.9. The van der Waals surface area contributed by atoms with Crippen LogP contribution in [0.25, 0.3) is 0 Å². The molecule has 4 nitrogen and oxygen atoms in total. The Bertz CT molecular complexity index is 700. The maximum Gasteiger partial charge on any atom is 0.419 e. The van der Waals surface area contributed by atoms with Crippen molar-refractivity contribution in [1.29, 1.82) is 0 Å². The molecule has 2 aromatic rings. The van der Waals surface area contributed by atoms with E-state index in [0.29, 0.717) is 23.6 Å². The average Bonchev–Trinajstić information content (AvgIpc) is 2.49. The summed E-state index contributed by atoms with van der Waals surface area (Å²) >= 11 is 0. The molecule has 2 N–H and O–H groups in total. The van der Waals surface area contributed by atoms with Gasteiger partial charge in [0.1, 0.15) is 11.6 Å². The molecule has 0 atom stereocenters. The summed E-state index contributed by atoms with van der Waals surface area (Å²) in [6.07, 6.45) is -4.84. The first-order chi connectivity index (χ1) is 10.8. The molecule has 0 aliphatic rings. The van der Waals surface area contributed by atoms with Crippen LogP contribution in [0.4, 0.5) is 33.7 Å². The van der Waals surface area contributed by atoms with E-state index in [4.69, 9.17) is 4.74 Å². The molecule has 0 unspecified atom stereocenters. The Labute approximate surface area is 129 Å². The van der Waals surface area contributed by atoms with Gasteiger partial charge in [-0.05, 0) is 42.5 Å². The number of halogens is 4. The van der Waals surface area contributed by atoms with Crippen LogP contribution in [0.5, 0.6) is 5.75 Å². The number of urea groups is 1. The number of anilines is 2. The van der Waals surface area contributed by atoms with Crippen molar-refractivity contribution in [3.05, 3.63) is 53.8 Å². The highest BCUT2D eigenvalue weighted by molar-refractivity contribution is 5.99. The molecule has 0 aliphatic carbocycles. The van der Waals surface area contributed by atoms with E-state index in [1.165, 1.54) is 7.11 Å². The highest BCUT2D eigenvalue weighted by atomic mass is 19.4. The third-order valence-corrected chi connectivity index (χ3v) is 2.88. The Morgan fingerprint density at radius 3 is 2.13 bits per heavy atom. The zero-order valence-corrected chi connectivity index (χ0v) is 11.9. The van der Waals surface area contributed by atoms with Crippen molar-refractivity contribution in [2.45, 2.75) is 6.18 Å². The molecule has 8 heteroatoms. The van der Waals surface area contributed by atoms with Gasteiger partial charge in [-0.3, -0.25) is 0 Å². The number of hydrogen-bond acceptors (Lipinski definition) is 2. The van der Waals surface area contributed by atoms with Gasteiger partial charge in [0.25, 0.3) is 0 Å². The first-order valence-electron chi connectivity index (χ1n) is 6.38. The summed E-state index contributed by atoms with van der Waals surface area (Å²) in [6, 6.07) is 7.79. The van der Waals surface area contributed by atoms with E-state index < -0.39 is 23.6 Å². The number of ether oxygens (including phenoxy) is 1. The fraction of sp³-hybridized carbons (Fsp3) is 0.133. The van der Waals surface area contributed by atoms with Crippen molar-refractivity contribution in [2.75, 3.05) is 17.7 Å². The van der Waals surface area contributed by atoms with E-state index in [0.717, 1.165) is 6.07 Å². The van der Waals surface area contributed by atoms with Gasteiger partial charge in [0.15, 0.2) is 0 Å². The molecule has 0 saturated heterocycles. The molecule has 122 valence electrons. The quantitative estimate of drug-likeness (QED) is 0.815. The largest absolute Gasteiger partial charge is 0.497 e. The average molecular weight is 328 g/mol. The van der Waals surface area contributed by atoms with Crippen molar-refractivity contribution >= 4 is 17.4 Å². The lowest BCUT2D eigenvalue weighted by Gasteiger charge is -2.12. The number of carbonyl (C=O) groups excluding carboxylic acids is 1. The maximum atomic E-state index is 13.2. The molecular weight excluding hydrogens is 316 g/mol. The predicted molar refractivity (Wildman–Crippen MR) is 77.0 cm³/mol. The number of benzene rings is 2. The predicted octanol–water partition coefficient (Wildman–Crippen LogP) is 4.50. The Kier molecular flexibility index (Phi) is 4.73. The van der Waals surface area contributed by atoms with Crippen molar-refractivity contribution in [1.82, 2.24) is 0 Å². The first kappa shape index (κ1) is 16.6. The standard InChI is InChI=1S/C15H12F4N2O2/c1-23-11-5-2-9(3-6-11)20-14(22)21-10-4-7-13(16)12(8-10)15(17,18)19/h2-8H,1H3,(H2,20,21,22). The topological polar surface area (TPSA) is 50.4 Å². The summed E-state index contributed by atoms with van der Waals surface area (Å²) in [5.41, 5.74) is -1.20. The van der Waals surface area contributed by atoms with E-state index in [1.807, 2.05) is 0 Å². The summed E-state index contributed by atoms with van der Waals surface area (Å²) in [5.74, 6) is -0.817. The number of rotatable bonds is 3. The van der Waals surface area contributed by atoms with Crippen LogP contribution in [-0.4, -0.2) is 13.1 Å². The van der Waals surface area contributed by atoms with Gasteiger partial charge in [0.2, 0.25) is 0 Å². The summed E-state index contributed by atoms with van der Waals surface area (Å²) in [5, 5.41) is 4.64. The number of hydrogen-bond donors (Lipinski definition) is 2. The number of amides is 2. The molecule has 0 heterocycles. The summed E-state index contributed by atoms with van der Waals surface area (Å²) in [6.45, 7) is 0. The second kappa shape index (κ2) is 6.55. The van der Waals surface area contributed by atoms with Crippen LogP contribution in [0, 0.1) is 5.82 Å². The molecule has 0 aliphatic heterocycles. The van der Waals surface area contributed by atoms with Crippen molar-refractivity contribution < 1.29 is 27.1 Å². The normalized spacial score (nSPS) is 11.0. The molecule has 2 aromatic carbocycles. The molecule has 0 spiro atoms. The molecule has 2 amide bonds. The molecule has 0 saturated carbocycles. The Morgan fingerprint density at radius 1 is 1.00 bits per heavy atom. The first-order valence-corrected chi connectivity index (χ1v) is 6.38. The van der Waals surface area contributed by atoms with Crippen LogP contribution in [0.15, 0.2) is 42.5 Å². The fourth-order valence-corrected chi connectivity index (χ4v) is 1.79. The van der Waals surface area contributed by atoms with Gasteiger partial charge in [0, 0.05) is 11.4 Å². The third-order valence-electron chi connectivity index (χ3n) is 2.88. The molecule has 2 rings (SSSR count). The van der Waals surface area contributed by atoms with Gasteiger partial charge in [-0.1, -0.05) is 0 Å². The van der Waals surface area contributed by atoms with Crippen LogP contribution < -0.4 is 15.4 Å². The van der Waals surface area contributed by atoms with Gasteiger partial charge in [0.05, 0.1) is 12.7 Å². The SMILES string of the molecule is COc1ccc(NC(=O)Nc2ccc(F)c(C(F)(F)F)c2)cc1. The van der Waals surface area contributed by atoms with E-state index >= 15 is 0 Å². The van der Waals surface area contributed by atoms with Crippen LogP contribution in [0.1, 0.15) is 5.56 Å². The van der Waals surface area contributed by atoms with E-state index in [-0.39, 0.29) is 5.69 Å². The lowest BCUT2D eigenvalue weighted by molar-refractivity contribution is -0.139. The fourth-order valence-electron chi connectivity index (χ4n) is 1.79. The zero-order valence-electron chi connectivity index (χ0n) is 11.9. The lowest BCUT2D eigenvalue weighted by Crippen LogP contribution is -2.20. The summed E-state index contributed by atoms with van der Waals surface area (Å²) in [4.78, 5) is 11.8. The molecule has 0 bridgehead atoms. The summed E-state index contributed by atoms with van der Waals surface area (Å²) in [7, 11) is 1.49. The van der Waals surface area contributed by atoms with Gasteiger partial charge in [-0.25, -0.2) is 9.18 Å². The minimum atomic E-state index is -4.84. The maximum absolute atomic E-state index is 13.2. The Balaban J connectivity index is 2.08. The van der Waals surface area contributed by atoms with Crippen LogP contribution in [0.2, 0.25) is 0 Å². The Hall–Kier alpha value is -2.77. The number of carbonyl (C=O) groups is 1. The smallest absolute Gasteiger partial charge is 0.419 e. The van der Waals surface area contributed by atoms with E-state index in [9.17, 15) is 22.4 Å². The van der Waals surface area contributed by atoms with Gasteiger partial charge in [-0.2, -0.15) is 13.2 Å². The van der Waals surface area contributed by atoms with E-state index in [1.54, 1.807) is 24.3 Å². The van der Waals surface area contributed by atoms with Gasteiger partial charge < -0.3 is 15.4 Å². The zero-order chi connectivity index (χ0) is 17.0. The van der Waals surface area contributed by atoms with Crippen molar-refractivity contribution in [3.8, 4) is 5.75 Å². The third kappa shape index (κ3) is 4.35.